The Kier molecular flexibility index (Phi) is 7.97. The Hall–Kier alpha value is -1.97. The van der Waals surface area contributed by atoms with Gasteiger partial charge < -0.3 is 14.8 Å². The van der Waals surface area contributed by atoms with Crippen molar-refractivity contribution >= 4 is 21.9 Å². The van der Waals surface area contributed by atoms with Gasteiger partial charge in [-0.15, -0.1) is 0 Å². The van der Waals surface area contributed by atoms with Crippen molar-refractivity contribution < 1.29 is 27.5 Å². The van der Waals surface area contributed by atoms with Crippen LogP contribution in [0.4, 0.5) is 0 Å². The highest BCUT2D eigenvalue weighted by Gasteiger charge is 2.32. The average Bonchev–Trinajstić information content (AvgIpc) is 2.65. The normalized spacial score (nSPS) is 20.5. The third-order valence-electron chi connectivity index (χ3n) is 4.51. The van der Waals surface area contributed by atoms with Crippen LogP contribution in [0.1, 0.15) is 30.6 Å². The number of piperidine rings is 1. The van der Waals surface area contributed by atoms with E-state index in [0.717, 1.165) is 6.42 Å². The van der Waals surface area contributed by atoms with Crippen LogP contribution in [0.5, 0.6) is 0 Å². The molecule has 1 aromatic rings. The summed E-state index contributed by atoms with van der Waals surface area (Å²) in [6, 6.07) is 5.72. The predicted octanol–water partition coefficient (Wildman–Crippen LogP) is 1.27. The highest BCUT2D eigenvalue weighted by Crippen LogP contribution is 2.27. The molecule has 2 rings (SSSR count). The van der Waals surface area contributed by atoms with E-state index in [9.17, 15) is 18.0 Å². The Morgan fingerprint density at radius 3 is 2.54 bits per heavy atom. The number of carbonyl (C=O) groups is 2. The molecule has 2 unspecified atom stereocenters. The highest BCUT2D eigenvalue weighted by molar-refractivity contribution is 7.89. The summed E-state index contributed by atoms with van der Waals surface area (Å²) < 4.78 is 37.2. The van der Waals surface area contributed by atoms with E-state index in [1.807, 2.05) is 13.8 Å². The molecule has 0 aromatic heterocycles. The van der Waals surface area contributed by atoms with Crippen molar-refractivity contribution in [3.63, 3.8) is 0 Å². The molecule has 1 aromatic carbocycles. The molecule has 1 aliphatic heterocycles. The zero-order valence-electron chi connectivity index (χ0n) is 16.5. The van der Waals surface area contributed by atoms with E-state index >= 15 is 0 Å². The number of amides is 1. The summed E-state index contributed by atoms with van der Waals surface area (Å²) in [5, 5.41) is 2.53. The van der Waals surface area contributed by atoms with E-state index in [1.54, 1.807) is 0 Å². The molecule has 28 heavy (non-hydrogen) atoms. The fourth-order valence-electron chi connectivity index (χ4n) is 3.29. The van der Waals surface area contributed by atoms with Gasteiger partial charge in [0.15, 0.2) is 6.61 Å². The fraction of sp³-hybridized carbons (Fsp3) is 0.579. The number of benzene rings is 1. The standard InChI is InChI=1S/C19H28N2O6S/c1-14-9-15(2)12-21(11-14)28(24,25)17-6-4-5-16(10-17)19(23)27-13-18(22)20-7-8-26-3/h4-6,10,14-15H,7-9,11-13H2,1-3H3,(H,20,22). The summed E-state index contributed by atoms with van der Waals surface area (Å²) >= 11 is 0. The number of rotatable bonds is 8. The zero-order valence-corrected chi connectivity index (χ0v) is 17.3. The molecule has 0 spiro atoms. The van der Waals surface area contributed by atoms with Crippen molar-refractivity contribution in [2.45, 2.75) is 25.2 Å². The first kappa shape index (κ1) is 22.3. The first-order valence-corrected chi connectivity index (χ1v) is 10.7. The van der Waals surface area contributed by atoms with Crippen molar-refractivity contribution in [1.82, 2.24) is 9.62 Å². The topological polar surface area (TPSA) is 102 Å². The second kappa shape index (κ2) is 9.99. The summed E-state index contributed by atoms with van der Waals surface area (Å²) in [7, 11) is -2.19. The fourth-order valence-corrected chi connectivity index (χ4v) is 5.02. The number of sulfonamides is 1. The van der Waals surface area contributed by atoms with Crippen molar-refractivity contribution in [2.75, 3.05) is 40.0 Å². The molecule has 1 saturated heterocycles. The third kappa shape index (κ3) is 6.02. The van der Waals surface area contributed by atoms with Gasteiger partial charge in [-0.25, -0.2) is 13.2 Å². The van der Waals surface area contributed by atoms with Crippen LogP contribution in [0.2, 0.25) is 0 Å². The molecule has 156 valence electrons. The SMILES string of the molecule is COCCNC(=O)COC(=O)c1cccc(S(=O)(=O)N2CC(C)CC(C)C2)c1. The number of methoxy groups -OCH3 is 1. The molecular weight excluding hydrogens is 384 g/mol. The largest absolute Gasteiger partial charge is 0.452 e. The quantitative estimate of drug-likeness (QED) is 0.510. The summed E-state index contributed by atoms with van der Waals surface area (Å²) in [5.74, 6) is -0.642. The smallest absolute Gasteiger partial charge is 0.338 e. The Labute approximate surface area is 166 Å². The number of hydrogen-bond acceptors (Lipinski definition) is 6. The molecule has 0 saturated carbocycles. The molecular formula is C19H28N2O6S. The highest BCUT2D eigenvalue weighted by atomic mass is 32.2. The van der Waals surface area contributed by atoms with Crippen molar-refractivity contribution in [3.8, 4) is 0 Å². The van der Waals surface area contributed by atoms with Gasteiger partial charge >= 0.3 is 5.97 Å². The number of esters is 1. The van der Waals surface area contributed by atoms with Gasteiger partial charge in [0.2, 0.25) is 10.0 Å². The van der Waals surface area contributed by atoms with Crippen LogP contribution in [-0.4, -0.2) is 64.6 Å². The zero-order chi connectivity index (χ0) is 20.7. The molecule has 1 N–H and O–H groups in total. The molecule has 9 heteroatoms. The Morgan fingerprint density at radius 1 is 1.21 bits per heavy atom. The van der Waals surface area contributed by atoms with E-state index in [2.05, 4.69) is 5.32 Å². The van der Waals surface area contributed by atoms with Crippen LogP contribution in [0.15, 0.2) is 29.2 Å². The molecule has 1 heterocycles. The summed E-state index contributed by atoms with van der Waals surface area (Å²) in [5.41, 5.74) is 0.0869. The first-order chi connectivity index (χ1) is 13.2. The summed E-state index contributed by atoms with van der Waals surface area (Å²) in [4.78, 5) is 23.9. The van der Waals surface area contributed by atoms with E-state index in [4.69, 9.17) is 9.47 Å². The van der Waals surface area contributed by atoms with Gasteiger partial charge in [0.25, 0.3) is 5.91 Å². The van der Waals surface area contributed by atoms with Gasteiger partial charge in [-0.3, -0.25) is 4.79 Å². The molecule has 1 aliphatic rings. The van der Waals surface area contributed by atoms with Crippen LogP contribution >= 0.6 is 0 Å². The maximum atomic E-state index is 13.0. The lowest BCUT2D eigenvalue weighted by atomic mass is 9.94. The molecule has 8 nitrogen and oxygen atoms in total. The van der Waals surface area contributed by atoms with Crippen LogP contribution in [0.3, 0.4) is 0 Å². The van der Waals surface area contributed by atoms with Gasteiger partial charge in [0.1, 0.15) is 0 Å². The van der Waals surface area contributed by atoms with Crippen LogP contribution in [-0.2, 0) is 24.3 Å². The van der Waals surface area contributed by atoms with Gasteiger partial charge in [-0.1, -0.05) is 19.9 Å². The maximum absolute atomic E-state index is 13.0. The second-order valence-corrected chi connectivity index (χ2v) is 9.15. The molecule has 1 amide bonds. The first-order valence-electron chi connectivity index (χ1n) is 9.27. The molecule has 1 fully saturated rings. The molecule has 0 radical (unpaired) electrons. The number of carbonyl (C=O) groups excluding carboxylic acids is 2. The van der Waals surface area contributed by atoms with Crippen LogP contribution in [0.25, 0.3) is 0 Å². The lowest BCUT2D eigenvalue weighted by molar-refractivity contribution is -0.124. The van der Waals surface area contributed by atoms with E-state index in [0.29, 0.717) is 26.2 Å². The van der Waals surface area contributed by atoms with E-state index in [-0.39, 0.29) is 22.3 Å². The molecule has 0 bridgehead atoms. The third-order valence-corrected chi connectivity index (χ3v) is 6.33. The van der Waals surface area contributed by atoms with E-state index < -0.39 is 28.5 Å². The van der Waals surface area contributed by atoms with E-state index in [1.165, 1.54) is 35.7 Å². The van der Waals surface area contributed by atoms with Crippen molar-refractivity contribution in [3.05, 3.63) is 29.8 Å². The van der Waals surface area contributed by atoms with Gasteiger partial charge in [-0.05, 0) is 36.5 Å². The van der Waals surface area contributed by atoms with Gasteiger partial charge in [0.05, 0.1) is 17.1 Å². The lowest BCUT2D eigenvalue weighted by Gasteiger charge is -2.34. The predicted molar refractivity (Wildman–Crippen MR) is 103 cm³/mol. The average molecular weight is 413 g/mol. The Morgan fingerprint density at radius 2 is 1.89 bits per heavy atom. The van der Waals surface area contributed by atoms with Crippen molar-refractivity contribution in [1.29, 1.82) is 0 Å². The number of nitrogens with one attached hydrogen (secondary N) is 1. The minimum Gasteiger partial charge on any atom is -0.452 e. The van der Waals surface area contributed by atoms with Crippen molar-refractivity contribution in [2.24, 2.45) is 11.8 Å². The number of nitrogens with zero attached hydrogens (tertiary/aromatic N) is 1. The minimum atomic E-state index is -3.70. The van der Waals surface area contributed by atoms with Gasteiger partial charge in [0, 0.05) is 26.7 Å². The summed E-state index contributed by atoms with van der Waals surface area (Å²) in [6.07, 6.45) is 0.991. The summed E-state index contributed by atoms with van der Waals surface area (Å²) in [6.45, 7) is 5.21. The molecule has 0 aliphatic carbocycles. The van der Waals surface area contributed by atoms with Crippen LogP contribution in [0, 0.1) is 11.8 Å². The Bertz CT molecular complexity index is 785. The van der Waals surface area contributed by atoms with Gasteiger partial charge in [-0.2, -0.15) is 4.31 Å². The minimum absolute atomic E-state index is 0.0489. The lowest BCUT2D eigenvalue weighted by Crippen LogP contribution is -2.42. The number of ether oxygens (including phenoxy) is 2. The number of hydrogen-bond donors (Lipinski definition) is 1. The Balaban J connectivity index is 2.04. The molecule has 2 atom stereocenters. The van der Waals surface area contributed by atoms with Crippen LogP contribution < -0.4 is 5.32 Å². The monoisotopic (exact) mass is 412 g/mol. The maximum Gasteiger partial charge on any atom is 0.338 e. The second-order valence-electron chi connectivity index (χ2n) is 7.21.